The molecule has 0 aliphatic heterocycles. The fourth-order valence-corrected chi connectivity index (χ4v) is 4.19. The molecule has 0 spiro atoms. The summed E-state index contributed by atoms with van der Waals surface area (Å²) in [5, 5.41) is 0. The van der Waals surface area contributed by atoms with Crippen LogP contribution in [0.1, 0.15) is 32.1 Å². The van der Waals surface area contributed by atoms with Gasteiger partial charge in [-0.1, -0.05) is 31.4 Å². The molecule has 14 heavy (non-hydrogen) atoms. The van der Waals surface area contributed by atoms with Crippen LogP contribution in [-0.4, -0.2) is 6.69 Å². The summed E-state index contributed by atoms with van der Waals surface area (Å²) in [6.45, 7) is 5.40. The normalized spacial score (nSPS) is 11.3. The first-order valence-electron chi connectivity index (χ1n) is 5.22. The molecule has 0 fully saturated rings. The maximum atomic E-state index is 6.19. The van der Waals surface area contributed by atoms with E-state index in [9.17, 15) is 0 Å². The van der Waals surface area contributed by atoms with Gasteiger partial charge in [0.05, 0.1) is 0 Å². The number of rotatable bonds is 9. The van der Waals surface area contributed by atoms with E-state index in [1.165, 1.54) is 19.3 Å². The SMILES string of the molecule is C=CCCCCCC[Si](Cl)(Cl)CC=C. The fraction of sp³-hybridized carbons (Fsp3) is 0.636. The van der Waals surface area contributed by atoms with Crippen molar-refractivity contribution < 1.29 is 0 Å². The van der Waals surface area contributed by atoms with Crippen LogP contribution in [0.15, 0.2) is 25.3 Å². The Balaban J connectivity index is 3.34. The van der Waals surface area contributed by atoms with Crippen molar-refractivity contribution in [3.63, 3.8) is 0 Å². The van der Waals surface area contributed by atoms with Gasteiger partial charge in [-0.25, -0.2) is 0 Å². The molecule has 0 bridgehead atoms. The van der Waals surface area contributed by atoms with E-state index in [-0.39, 0.29) is 0 Å². The second kappa shape index (κ2) is 8.57. The monoisotopic (exact) mass is 250 g/mol. The first kappa shape index (κ1) is 14.3. The minimum atomic E-state index is -1.97. The molecule has 0 N–H and O–H groups in total. The summed E-state index contributed by atoms with van der Waals surface area (Å²) >= 11 is 12.4. The molecule has 0 saturated carbocycles. The number of unbranched alkanes of at least 4 members (excludes halogenated alkanes) is 4. The molecule has 0 aliphatic carbocycles. The Morgan fingerprint density at radius 1 is 0.929 bits per heavy atom. The molecule has 0 aromatic heterocycles. The topological polar surface area (TPSA) is 0 Å². The lowest BCUT2D eigenvalue weighted by molar-refractivity contribution is 0.672. The van der Waals surface area contributed by atoms with Crippen LogP contribution in [0.25, 0.3) is 0 Å². The first-order valence-corrected chi connectivity index (χ1v) is 9.66. The van der Waals surface area contributed by atoms with Crippen LogP contribution >= 0.6 is 22.2 Å². The lowest BCUT2D eigenvalue weighted by Gasteiger charge is -2.13. The quantitative estimate of drug-likeness (QED) is 0.228. The Kier molecular flexibility index (Phi) is 8.74. The molecule has 0 saturated heterocycles. The van der Waals surface area contributed by atoms with Crippen molar-refractivity contribution >= 4 is 28.9 Å². The van der Waals surface area contributed by atoms with Gasteiger partial charge in [0.2, 0.25) is 0 Å². The third-order valence-corrected chi connectivity index (χ3v) is 6.17. The highest BCUT2D eigenvalue weighted by molar-refractivity contribution is 7.45. The standard InChI is InChI=1S/C11H20Cl2Si/c1-3-5-6-7-8-9-11-14(12,13)10-4-2/h3-4H,1-2,5-11H2. The van der Waals surface area contributed by atoms with Crippen molar-refractivity contribution in [3.05, 3.63) is 25.3 Å². The molecule has 0 unspecified atom stereocenters. The van der Waals surface area contributed by atoms with Gasteiger partial charge in [0.15, 0.2) is 0 Å². The molecule has 0 amide bonds. The van der Waals surface area contributed by atoms with Gasteiger partial charge in [-0.15, -0.1) is 35.3 Å². The van der Waals surface area contributed by atoms with E-state index in [2.05, 4.69) is 13.2 Å². The highest BCUT2D eigenvalue weighted by Crippen LogP contribution is 2.28. The zero-order valence-corrected chi connectivity index (χ0v) is 11.3. The highest BCUT2D eigenvalue weighted by Gasteiger charge is 2.25. The average molecular weight is 251 g/mol. The summed E-state index contributed by atoms with van der Waals surface area (Å²) in [4.78, 5) is 0. The van der Waals surface area contributed by atoms with Crippen LogP contribution in [0.3, 0.4) is 0 Å². The van der Waals surface area contributed by atoms with Crippen LogP contribution < -0.4 is 0 Å². The van der Waals surface area contributed by atoms with Gasteiger partial charge in [-0.2, -0.15) is 0 Å². The van der Waals surface area contributed by atoms with Gasteiger partial charge in [-0.05, 0) is 24.9 Å². The minimum Gasteiger partial charge on any atom is -0.146 e. The predicted octanol–water partition coefficient (Wildman–Crippen LogP) is 5.23. The van der Waals surface area contributed by atoms with Crippen LogP contribution in [0, 0.1) is 0 Å². The summed E-state index contributed by atoms with van der Waals surface area (Å²) < 4.78 is 0. The zero-order chi connectivity index (χ0) is 10.9. The van der Waals surface area contributed by atoms with Gasteiger partial charge in [0.25, 0.3) is 6.69 Å². The van der Waals surface area contributed by atoms with Crippen LogP contribution in [0.5, 0.6) is 0 Å². The molecule has 3 heteroatoms. The van der Waals surface area contributed by atoms with Crippen molar-refractivity contribution in [1.82, 2.24) is 0 Å². The Morgan fingerprint density at radius 2 is 1.57 bits per heavy atom. The summed E-state index contributed by atoms with van der Waals surface area (Å²) in [5.41, 5.74) is 0. The van der Waals surface area contributed by atoms with Crippen molar-refractivity contribution in [2.45, 2.75) is 44.2 Å². The van der Waals surface area contributed by atoms with E-state index in [1.807, 2.05) is 12.2 Å². The van der Waals surface area contributed by atoms with Crippen LogP contribution in [-0.2, 0) is 0 Å². The molecule has 0 nitrogen and oxygen atoms in total. The summed E-state index contributed by atoms with van der Waals surface area (Å²) in [6.07, 6.45) is 9.83. The Labute approximate surface area is 98.4 Å². The van der Waals surface area contributed by atoms with Crippen molar-refractivity contribution in [2.24, 2.45) is 0 Å². The molecule has 0 heterocycles. The van der Waals surface area contributed by atoms with Gasteiger partial charge < -0.3 is 0 Å². The van der Waals surface area contributed by atoms with Gasteiger partial charge in [-0.3, -0.25) is 0 Å². The first-order chi connectivity index (χ1) is 6.62. The molecule has 0 radical (unpaired) electrons. The molecule has 0 rings (SSSR count). The maximum Gasteiger partial charge on any atom is 0.254 e. The van der Waals surface area contributed by atoms with E-state index >= 15 is 0 Å². The van der Waals surface area contributed by atoms with Crippen LogP contribution in [0.4, 0.5) is 0 Å². The number of hydrogen-bond donors (Lipinski definition) is 0. The Hall–Kier alpha value is 0.277. The van der Waals surface area contributed by atoms with E-state index in [4.69, 9.17) is 22.2 Å². The summed E-state index contributed by atoms with van der Waals surface area (Å²) in [6, 6.07) is 1.80. The second-order valence-electron chi connectivity index (χ2n) is 3.59. The smallest absolute Gasteiger partial charge is 0.146 e. The van der Waals surface area contributed by atoms with Crippen molar-refractivity contribution in [1.29, 1.82) is 0 Å². The lowest BCUT2D eigenvalue weighted by Crippen LogP contribution is -2.16. The predicted molar refractivity (Wildman–Crippen MR) is 70.6 cm³/mol. The van der Waals surface area contributed by atoms with Crippen molar-refractivity contribution in [2.75, 3.05) is 0 Å². The third kappa shape index (κ3) is 8.86. The van der Waals surface area contributed by atoms with E-state index in [1.54, 1.807) is 0 Å². The third-order valence-electron chi connectivity index (χ3n) is 2.14. The highest BCUT2D eigenvalue weighted by atomic mass is 35.7. The number of hydrogen-bond acceptors (Lipinski definition) is 0. The van der Waals surface area contributed by atoms with E-state index in [0.29, 0.717) is 0 Å². The largest absolute Gasteiger partial charge is 0.254 e. The average Bonchev–Trinajstić information content (AvgIpc) is 2.11. The van der Waals surface area contributed by atoms with Crippen molar-refractivity contribution in [3.8, 4) is 0 Å². The molecule has 0 aliphatic rings. The van der Waals surface area contributed by atoms with Crippen LogP contribution in [0.2, 0.25) is 12.1 Å². The van der Waals surface area contributed by atoms with Gasteiger partial charge in [0.1, 0.15) is 0 Å². The fourth-order valence-electron chi connectivity index (χ4n) is 1.34. The lowest BCUT2D eigenvalue weighted by atomic mass is 10.1. The molecule has 0 atom stereocenters. The molecular formula is C11H20Cl2Si. The maximum absolute atomic E-state index is 6.19. The zero-order valence-electron chi connectivity index (χ0n) is 8.77. The van der Waals surface area contributed by atoms with Gasteiger partial charge >= 0.3 is 0 Å². The summed E-state index contributed by atoms with van der Waals surface area (Å²) in [5.74, 6) is 0. The minimum absolute atomic E-state index is 0.808. The van der Waals surface area contributed by atoms with E-state index in [0.717, 1.165) is 24.9 Å². The summed E-state index contributed by atoms with van der Waals surface area (Å²) in [7, 11) is 0. The number of halogens is 2. The van der Waals surface area contributed by atoms with E-state index < -0.39 is 6.69 Å². The van der Waals surface area contributed by atoms with Gasteiger partial charge in [0, 0.05) is 0 Å². The molecule has 0 aromatic carbocycles. The Morgan fingerprint density at radius 3 is 2.14 bits per heavy atom. The molecular weight excluding hydrogens is 231 g/mol. The molecule has 82 valence electrons. The number of allylic oxidation sites excluding steroid dienone is 2. The molecule has 0 aromatic rings. The second-order valence-corrected chi connectivity index (χ2v) is 11.1. The Bertz CT molecular complexity index is 167.